The maximum absolute atomic E-state index is 12.5. The van der Waals surface area contributed by atoms with Gasteiger partial charge in [-0.1, -0.05) is 186 Å². The fraction of sp³-hybridized carbons (Fsp3) is 1.00. The van der Waals surface area contributed by atoms with Crippen LogP contribution in [0, 0.1) is 0 Å². The molecule has 0 rings (SSSR count). The summed E-state index contributed by atoms with van der Waals surface area (Å²) in [6.45, 7) is 0. The molecule has 0 spiro atoms. The van der Waals surface area contributed by atoms with Crippen LogP contribution in [0.1, 0.15) is 0 Å². The standard InChI is InChI=1S/C8Cl17O/c9-1(8(24,25)26,3(12,13)6(18,19)20)2(10,11)4(14,15)5(16,17)7(21,22)23. The van der Waals surface area contributed by atoms with Crippen LogP contribution in [0.5, 0.6) is 0 Å². The van der Waals surface area contributed by atoms with Crippen LogP contribution in [0.4, 0.5) is 0 Å². The lowest BCUT2D eigenvalue weighted by Gasteiger charge is -2.56. The van der Waals surface area contributed by atoms with Crippen molar-refractivity contribution >= 4 is 197 Å². The first-order valence-electron chi connectivity index (χ1n) is 5.17. The minimum absolute atomic E-state index is 2.68. The molecular formula is C8Cl17O. The van der Waals surface area contributed by atoms with Gasteiger partial charge in [0.1, 0.15) is 0 Å². The van der Waals surface area contributed by atoms with E-state index in [2.05, 4.69) is 0 Å². The molecule has 0 heterocycles. The molecule has 0 aliphatic heterocycles. The minimum atomic E-state index is -3.56. The molecule has 157 valence electrons. The average molecular weight is 715 g/mol. The van der Waals surface area contributed by atoms with Crippen molar-refractivity contribution in [1.82, 2.24) is 0 Å². The van der Waals surface area contributed by atoms with E-state index in [9.17, 15) is 5.11 Å². The molecule has 18 heteroatoms. The van der Waals surface area contributed by atoms with E-state index in [0.29, 0.717) is 0 Å². The third-order valence-corrected chi connectivity index (χ3v) is 12.9. The molecule has 26 heavy (non-hydrogen) atoms. The maximum Gasteiger partial charge on any atom is 0.275 e. The predicted molar refractivity (Wildman–Crippen MR) is 122 cm³/mol. The largest absolute Gasteiger partial charge is 0.275 e. The lowest BCUT2D eigenvalue weighted by Crippen LogP contribution is -2.74. The van der Waals surface area contributed by atoms with Crippen molar-refractivity contribution in [1.29, 1.82) is 0 Å². The van der Waals surface area contributed by atoms with Gasteiger partial charge in [-0.2, -0.15) is 5.11 Å². The van der Waals surface area contributed by atoms with E-state index in [0.717, 1.165) is 0 Å². The highest BCUT2D eigenvalue weighted by atomic mass is 35.6. The van der Waals surface area contributed by atoms with Crippen molar-refractivity contribution < 1.29 is 5.11 Å². The van der Waals surface area contributed by atoms with Crippen molar-refractivity contribution in [2.45, 2.75) is 34.3 Å². The monoisotopic (exact) mass is 706 g/mol. The third-order valence-electron chi connectivity index (χ3n) is 2.77. The summed E-state index contributed by atoms with van der Waals surface area (Å²) in [5.74, 6) is 0. The average Bonchev–Trinajstić information content (AvgIpc) is 2.32. The molecule has 0 fully saturated rings. The summed E-state index contributed by atoms with van der Waals surface area (Å²) >= 11 is 99.2. The van der Waals surface area contributed by atoms with Gasteiger partial charge in [0, 0.05) is 0 Å². The quantitative estimate of drug-likeness (QED) is 0.253. The molecule has 0 bridgehead atoms. The molecular weight excluding hydrogens is 715 g/mol. The smallest absolute Gasteiger partial charge is 0.191 e. The molecule has 0 aliphatic rings. The van der Waals surface area contributed by atoms with Crippen molar-refractivity contribution in [2.75, 3.05) is 0 Å². The Morgan fingerprint density at radius 3 is 0.808 bits per heavy atom. The molecule has 1 atom stereocenters. The number of rotatable bonds is 5. The molecule has 0 N–H and O–H groups in total. The second kappa shape index (κ2) is 8.92. The van der Waals surface area contributed by atoms with Crippen LogP contribution in [-0.4, -0.2) is 34.3 Å². The van der Waals surface area contributed by atoms with E-state index in [4.69, 9.17) is 197 Å². The predicted octanol–water partition coefficient (Wildman–Crippen LogP) is 9.96. The Hall–Kier alpha value is 4.89. The van der Waals surface area contributed by atoms with Crippen molar-refractivity contribution in [3.63, 3.8) is 0 Å². The van der Waals surface area contributed by atoms with Gasteiger partial charge in [0.25, 0.3) is 4.52 Å². The molecule has 0 aromatic heterocycles. The second-order valence-electron chi connectivity index (χ2n) is 4.47. The zero-order chi connectivity index (χ0) is 22.0. The van der Waals surface area contributed by atoms with Crippen molar-refractivity contribution in [3.05, 3.63) is 0 Å². The Kier molecular flexibility index (Phi) is 10.6. The summed E-state index contributed by atoms with van der Waals surface area (Å²) in [5.41, 5.74) is 0. The highest BCUT2D eigenvalue weighted by molar-refractivity contribution is 6.82. The van der Waals surface area contributed by atoms with Crippen LogP contribution >= 0.6 is 197 Å². The van der Waals surface area contributed by atoms with Gasteiger partial charge in [-0.3, -0.25) is 0 Å². The Bertz CT molecular complexity index is 520. The second-order valence-corrected chi connectivity index (χ2v) is 16.2. The molecule has 0 saturated heterocycles. The number of hydrogen-bond acceptors (Lipinski definition) is 0. The van der Waals surface area contributed by atoms with Crippen LogP contribution in [0.2, 0.25) is 0 Å². The number of halogens is 17. The SMILES string of the molecule is [O]C(Cl)(Cl)C(Cl)(C(Cl)(Cl)C(Cl)(Cl)Cl)C(Cl)(Cl)C(Cl)(Cl)C(Cl)(Cl)C(Cl)(Cl)Cl. The van der Waals surface area contributed by atoms with Gasteiger partial charge in [-0.25, -0.2) is 0 Å². The van der Waals surface area contributed by atoms with Crippen LogP contribution in [0.25, 0.3) is 0 Å². The van der Waals surface area contributed by atoms with Gasteiger partial charge in [0.2, 0.25) is 7.59 Å². The van der Waals surface area contributed by atoms with Crippen molar-refractivity contribution in [3.8, 4) is 0 Å². The fourth-order valence-electron chi connectivity index (χ4n) is 1.35. The molecule has 0 aromatic rings. The summed E-state index contributed by atoms with van der Waals surface area (Å²) in [4.78, 5) is -3.37. The first-order chi connectivity index (χ1) is 10.8. The van der Waals surface area contributed by atoms with Gasteiger partial charge in [-0.05, 0) is 0 Å². The Morgan fingerprint density at radius 1 is 0.346 bits per heavy atom. The van der Waals surface area contributed by atoms with Gasteiger partial charge in [0.05, 0.1) is 0 Å². The van der Waals surface area contributed by atoms with Crippen LogP contribution in [-0.2, 0) is 5.11 Å². The van der Waals surface area contributed by atoms with E-state index in [-0.39, 0.29) is 0 Å². The maximum atomic E-state index is 12.5. The van der Waals surface area contributed by atoms with Gasteiger partial charge in [0.15, 0.2) is 22.2 Å². The highest BCUT2D eigenvalue weighted by Crippen LogP contribution is 2.73. The molecule has 0 saturated carbocycles. The molecule has 1 unspecified atom stereocenters. The lowest BCUT2D eigenvalue weighted by atomic mass is 9.94. The molecule has 0 aromatic carbocycles. The van der Waals surface area contributed by atoms with E-state index < -0.39 is 34.3 Å². The van der Waals surface area contributed by atoms with Gasteiger partial charge >= 0.3 is 0 Å². The van der Waals surface area contributed by atoms with E-state index >= 15 is 0 Å². The van der Waals surface area contributed by atoms with Gasteiger partial charge < -0.3 is 0 Å². The molecule has 0 aliphatic carbocycles. The van der Waals surface area contributed by atoms with Crippen LogP contribution in [0.3, 0.4) is 0 Å². The zero-order valence-electron chi connectivity index (χ0n) is 10.8. The summed E-state index contributed by atoms with van der Waals surface area (Å²) in [7, 11) is 0. The Labute approximate surface area is 233 Å². The normalized spacial score (nSPS) is 18.7. The van der Waals surface area contributed by atoms with Gasteiger partial charge in [-0.15, -0.1) is 11.6 Å². The lowest BCUT2D eigenvalue weighted by molar-refractivity contribution is 0.0637. The first-order valence-corrected chi connectivity index (χ1v) is 11.6. The number of alkyl halides is 17. The summed E-state index contributed by atoms with van der Waals surface area (Å²) < 4.78 is -21.4. The van der Waals surface area contributed by atoms with E-state index in [1.54, 1.807) is 0 Å². The number of hydrogen-bond donors (Lipinski definition) is 0. The van der Waals surface area contributed by atoms with E-state index in [1.165, 1.54) is 0 Å². The third kappa shape index (κ3) is 4.88. The fourth-order valence-corrected chi connectivity index (χ4v) is 6.59. The molecule has 1 radical (unpaired) electrons. The zero-order valence-corrected chi connectivity index (χ0v) is 23.7. The van der Waals surface area contributed by atoms with Crippen molar-refractivity contribution in [2.24, 2.45) is 0 Å². The summed E-state index contributed by atoms with van der Waals surface area (Å²) in [6.07, 6.45) is 0. The summed E-state index contributed by atoms with van der Waals surface area (Å²) in [5, 5.41) is 12.5. The summed E-state index contributed by atoms with van der Waals surface area (Å²) in [6, 6.07) is 0. The topological polar surface area (TPSA) is 19.9 Å². The Balaban J connectivity index is 7.03. The highest BCUT2D eigenvalue weighted by Gasteiger charge is 2.84. The molecule has 0 amide bonds. The Morgan fingerprint density at radius 2 is 0.615 bits per heavy atom. The first kappa shape index (κ1) is 30.9. The van der Waals surface area contributed by atoms with Crippen LogP contribution < -0.4 is 0 Å². The molecule has 1 nitrogen and oxygen atoms in total. The van der Waals surface area contributed by atoms with Crippen LogP contribution in [0.15, 0.2) is 0 Å². The minimum Gasteiger partial charge on any atom is -0.191 e. The van der Waals surface area contributed by atoms with E-state index in [1.807, 2.05) is 0 Å².